The number of para-hydroxylation sites is 1. The van der Waals surface area contributed by atoms with Gasteiger partial charge in [-0.2, -0.15) is 0 Å². The van der Waals surface area contributed by atoms with Gasteiger partial charge in [-0.3, -0.25) is 19.2 Å². The number of fused-ring (bicyclic) bond motifs is 3. The number of H-pyrrole nitrogens is 1. The summed E-state index contributed by atoms with van der Waals surface area (Å²) < 4.78 is 5.44. The van der Waals surface area contributed by atoms with Crippen molar-refractivity contribution in [3.63, 3.8) is 0 Å². The molecule has 1 fully saturated rings. The van der Waals surface area contributed by atoms with Crippen LogP contribution < -0.4 is 5.73 Å². The molecule has 0 bridgehead atoms. The number of likely N-dealkylation sites (tertiary alicyclic amines) is 1. The predicted octanol–water partition coefficient (Wildman–Crippen LogP) is 3.09. The third kappa shape index (κ3) is 6.40. The zero-order valence-corrected chi connectivity index (χ0v) is 26.1. The standard InChI is InChI=1S/C32H40ClN5O5/c1-7-20(30(40)37-16-21(17-37)43-32(42)27(34)18(2)3)13-12-19(4)29-28-23(22-10-8-9-11-24(22)35-28)14-25(31(41)36(5)6)38(29)26(39)15-33/h7-13,18,21,25,27,29,35H,4,14-17,34H2,1-3,5-6H3/b13-12-,20-7+/t25-,27+,29+/m1/s1. The number of ether oxygens (including phenoxy) is 1. The predicted molar refractivity (Wildman–Crippen MR) is 166 cm³/mol. The van der Waals surface area contributed by atoms with Gasteiger partial charge in [0.2, 0.25) is 11.8 Å². The molecule has 11 heteroatoms. The number of allylic oxidation sites excluding steroid dienone is 1. The minimum atomic E-state index is -0.782. The largest absolute Gasteiger partial charge is 0.457 e. The molecule has 0 radical (unpaired) electrons. The second kappa shape index (κ2) is 13.2. The van der Waals surface area contributed by atoms with Gasteiger partial charge in [0.05, 0.1) is 19.1 Å². The highest BCUT2D eigenvalue weighted by atomic mass is 35.5. The number of benzene rings is 1. The summed E-state index contributed by atoms with van der Waals surface area (Å²) in [7, 11) is 3.31. The maximum absolute atomic E-state index is 13.4. The lowest BCUT2D eigenvalue weighted by atomic mass is 9.87. The molecule has 0 aliphatic carbocycles. The fourth-order valence-corrected chi connectivity index (χ4v) is 5.63. The number of hydrogen-bond acceptors (Lipinski definition) is 6. The van der Waals surface area contributed by atoms with Gasteiger partial charge in [0.25, 0.3) is 5.91 Å². The lowest BCUT2D eigenvalue weighted by molar-refractivity contribution is -0.164. The number of carbonyl (C=O) groups is 4. The second-order valence-corrected chi connectivity index (χ2v) is 11.8. The van der Waals surface area contributed by atoms with Crippen LogP contribution in [0, 0.1) is 5.92 Å². The van der Waals surface area contributed by atoms with Gasteiger partial charge in [0.15, 0.2) is 0 Å². The Labute approximate surface area is 257 Å². The smallest absolute Gasteiger partial charge is 0.323 e. The van der Waals surface area contributed by atoms with Gasteiger partial charge in [-0.05, 0) is 36.1 Å². The van der Waals surface area contributed by atoms with Crippen LogP contribution in [0.2, 0.25) is 0 Å². The van der Waals surface area contributed by atoms with Crippen LogP contribution in [0.1, 0.15) is 38.1 Å². The third-order valence-electron chi connectivity index (χ3n) is 8.05. The zero-order chi connectivity index (χ0) is 31.6. The van der Waals surface area contributed by atoms with E-state index in [0.717, 1.165) is 22.2 Å². The maximum atomic E-state index is 13.4. The Morgan fingerprint density at radius 2 is 1.86 bits per heavy atom. The number of likely N-dealkylation sites (N-methyl/N-ethyl adjacent to an activating group) is 1. The van der Waals surface area contributed by atoms with Crippen LogP contribution in [0.25, 0.3) is 10.9 Å². The number of nitrogens with zero attached hydrogens (tertiary/aromatic N) is 3. The zero-order valence-electron chi connectivity index (χ0n) is 25.3. The number of carbonyl (C=O) groups excluding carboxylic acids is 4. The monoisotopic (exact) mass is 609 g/mol. The van der Waals surface area contributed by atoms with E-state index in [-0.39, 0.29) is 36.7 Å². The topological polar surface area (TPSA) is 129 Å². The maximum Gasteiger partial charge on any atom is 0.323 e. The van der Waals surface area contributed by atoms with Crippen molar-refractivity contribution in [3.8, 4) is 0 Å². The summed E-state index contributed by atoms with van der Waals surface area (Å²) in [6.45, 7) is 10.3. The van der Waals surface area contributed by atoms with Gasteiger partial charge >= 0.3 is 5.97 Å². The van der Waals surface area contributed by atoms with Crippen molar-refractivity contribution in [3.05, 3.63) is 71.5 Å². The molecule has 1 saturated heterocycles. The van der Waals surface area contributed by atoms with Crippen molar-refractivity contribution in [2.45, 2.75) is 51.4 Å². The van der Waals surface area contributed by atoms with E-state index in [4.69, 9.17) is 22.1 Å². The number of alkyl halides is 1. The van der Waals surface area contributed by atoms with E-state index in [1.165, 1.54) is 9.80 Å². The first-order chi connectivity index (χ1) is 20.4. The summed E-state index contributed by atoms with van der Waals surface area (Å²) in [6.07, 6.45) is 4.97. The molecule has 10 nitrogen and oxygen atoms in total. The molecule has 0 saturated carbocycles. The van der Waals surface area contributed by atoms with E-state index in [0.29, 0.717) is 17.6 Å². The first kappa shape index (κ1) is 32.0. The van der Waals surface area contributed by atoms with Gasteiger partial charge in [0, 0.05) is 42.7 Å². The molecule has 3 heterocycles. The molecule has 0 unspecified atom stereocenters. The van der Waals surface area contributed by atoms with Gasteiger partial charge in [-0.1, -0.05) is 50.8 Å². The molecule has 2 aliphatic rings. The highest BCUT2D eigenvalue weighted by Crippen LogP contribution is 2.41. The summed E-state index contributed by atoms with van der Waals surface area (Å²) in [4.78, 5) is 60.1. The Kier molecular flexibility index (Phi) is 9.82. The number of hydrogen-bond donors (Lipinski definition) is 2. The van der Waals surface area contributed by atoms with Gasteiger partial charge in [-0.25, -0.2) is 0 Å². The van der Waals surface area contributed by atoms with E-state index >= 15 is 0 Å². The minimum Gasteiger partial charge on any atom is -0.457 e. The molecule has 43 heavy (non-hydrogen) atoms. The molecule has 3 atom stereocenters. The molecule has 1 aromatic carbocycles. The average Bonchev–Trinajstić information content (AvgIpc) is 3.34. The molecule has 4 rings (SSSR count). The van der Waals surface area contributed by atoms with Crippen molar-refractivity contribution in [1.82, 2.24) is 19.7 Å². The molecular weight excluding hydrogens is 570 g/mol. The fraction of sp³-hybridized carbons (Fsp3) is 0.438. The first-order valence-corrected chi connectivity index (χ1v) is 14.9. The molecule has 2 aliphatic heterocycles. The molecule has 3 amide bonds. The quantitative estimate of drug-likeness (QED) is 0.195. The van der Waals surface area contributed by atoms with Crippen LogP contribution in [0.5, 0.6) is 0 Å². The first-order valence-electron chi connectivity index (χ1n) is 14.4. The summed E-state index contributed by atoms with van der Waals surface area (Å²) >= 11 is 6.06. The normalized spacial score (nSPS) is 19.8. The van der Waals surface area contributed by atoms with Gasteiger partial charge in [-0.15, -0.1) is 11.6 Å². The summed E-state index contributed by atoms with van der Waals surface area (Å²) in [5, 5.41) is 0.973. The van der Waals surface area contributed by atoms with Crippen molar-refractivity contribution in [2.24, 2.45) is 11.7 Å². The second-order valence-electron chi connectivity index (χ2n) is 11.5. The van der Waals surface area contributed by atoms with E-state index in [1.807, 2.05) is 38.1 Å². The van der Waals surface area contributed by atoms with Crippen molar-refractivity contribution in [1.29, 1.82) is 0 Å². The number of nitrogens with two attached hydrogens (primary N) is 1. The Morgan fingerprint density at radius 3 is 2.47 bits per heavy atom. The lowest BCUT2D eigenvalue weighted by Crippen LogP contribution is -2.57. The van der Waals surface area contributed by atoms with E-state index in [9.17, 15) is 19.2 Å². The van der Waals surface area contributed by atoms with Crippen molar-refractivity contribution < 1.29 is 23.9 Å². The Balaban J connectivity index is 1.58. The van der Waals surface area contributed by atoms with E-state index in [1.54, 1.807) is 44.1 Å². The SMILES string of the molecule is C=C(/C=C\C(=C/C)C(=O)N1CC(OC(=O)[C@@H](N)C(C)C)C1)[C@H]1c2[nH]c3ccccc3c2C[C@H](C(=O)N(C)C)N1C(=O)CCl. The van der Waals surface area contributed by atoms with Crippen molar-refractivity contribution >= 4 is 46.2 Å². The number of amides is 3. The fourth-order valence-electron chi connectivity index (χ4n) is 5.50. The highest BCUT2D eigenvalue weighted by molar-refractivity contribution is 6.27. The van der Waals surface area contributed by atoms with Crippen LogP contribution in [-0.4, -0.2) is 94.6 Å². The number of aromatic amines is 1. The summed E-state index contributed by atoms with van der Waals surface area (Å²) in [5.41, 5.74) is 9.38. The lowest BCUT2D eigenvalue weighted by Gasteiger charge is -2.42. The van der Waals surface area contributed by atoms with E-state index < -0.39 is 36.1 Å². The van der Waals surface area contributed by atoms with Gasteiger partial charge in [0.1, 0.15) is 24.1 Å². The van der Waals surface area contributed by atoms with Crippen LogP contribution in [-0.2, 0) is 30.3 Å². The molecule has 230 valence electrons. The highest BCUT2D eigenvalue weighted by Gasteiger charge is 2.43. The van der Waals surface area contributed by atoms with Crippen molar-refractivity contribution in [2.75, 3.05) is 33.1 Å². The summed E-state index contributed by atoms with van der Waals surface area (Å²) in [6, 6.07) is 5.59. The van der Waals surface area contributed by atoms with Gasteiger partial charge < -0.3 is 30.2 Å². The van der Waals surface area contributed by atoms with Crippen LogP contribution in [0.15, 0.2) is 60.2 Å². The molecule has 0 spiro atoms. The number of halogens is 1. The minimum absolute atomic E-state index is 0.0466. The van der Waals surface area contributed by atoms with E-state index in [2.05, 4.69) is 11.6 Å². The third-order valence-corrected chi connectivity index (χ3v) is 8.28. The Morgan fingerprint density at radius 1 is 1.19 bits per heavy atom. The van der Waals surface area contributed by atoms with Crippen LogP contribution in [0.4, 0.5) is 0 Å². The molecule has 2 aromatic rings. The Hall–Kier alpha value is -3.89. The number of aromatic nitrogens is 1. The molecule has 1 aromatic heterocycles. The molecule has 3 N–H and O–H groups in total. The van der Waals surface area contributed by atoms with Crippen LogP contribution >= 0.6 is 11.6 Å². The number of nitrogens with one attached hydrogen (secondary N) is 1. The summed E-state index contributed by atoms with van der Waals surface area (Å²) in [5.74, 6) is -1.66. The average molecular weight is 610 g/mol. The molecular formula is C32H40ClN5O5. The number of rotatable bonds is 9. The Bertz CT molecular complexity index is 1490. The number of esters is 1. The van der Waals surface area contributed by atoms with Crippen LogP contribution in [0.3, 0.4) is 0 Å².